The number of hydrogen-bond acceptors (Lipinski definition) is 8. The van der Waals surface area contributed by atoms with Gasteiger partial charge in [-0.3, -0.25) is 9.69 Å². The SMILES string of the molecule is COc1ccc2[nH]c(=O)c([C@@H](c3nnnn3C(C)(C)C)N(Cc3cccs3)C[C@@H]3CCCO3)cc2c1. The molecule has 0 aliphatic carbocycles. The number of tetrazole rings is 1. The third-order valence-electron chi connectivity index (χ3n) is 6.51. The van der Waals surface area contributed by atoms with Gasteiger partial charge in [0.2, 0.25) is 0 Å². The Morgan fingerprint density at radius 1 is 1.31 bits per heavy atom. The van der Waals surface area contributed by atoms with Crippen molar-refractivity contribution in [2.24, 2.45) is 0 Å². The number of benzene rings is 1. The maximum atomic E-state index is 13.6. The van der Waals surface area contributed by atoms with E-state index in [1.54, 1.807) is 18.4 Å². The molecule has 2 atom stereocenters. The fraction of sp³-hybridized carbons (Fsp3) is 0.462. The summed E-state index contributed by atoms with van der Waals surface area (Å²) in [6.07, 6.45) is 2.12. The van der Waals surface area contributed by atoms with Gasteiger partial charge in [0.1, 0.15) is 11.8 Å². The standard InChI is InChI=1S/C26H32N6O3S/c1-26(2,3)32-24(28-29-30-32)23(21-14-17-13-18(34-4)9-10-22(17)27-25(21)33)31(15-19-7-5-11-35-19)16-20-8-6-12-36-20/h6,8-10,12-14,19,23H,5,7,11,15-16H2,1-4H3,(H,27,33)/t19-,23-/m0/s1. The molecule has 36 heavy (non-hydrogen) atoms. The van der Waals surface area contributed by atoms with Crippen LogP contribution in [0.3, 0.4) is 0 Å². The number of fused-ring (bicyclic) bond motifs is 1. The third-order valence-corrected chi connectivity index (χ3v) is 7.38. The predicted octanol–water partition coefficient (Wildman–Crippen LogP) is 4.11. The van der Waals surface area contributed by atoms with Gasteiger partial charge in [0.15, 0.2) is 5.82 Å². The molecule has 0 amide bonds. The van der Waals surface area contributed by atoms with Crippen molar-refractivity contribution in [1.82, 2.24) is 30.1 Å². The van der Waals surface area contributed by atoms with Gasteiger partial charge in [-0.2, -0.15) is 0 Å². The van der Waals surface area contributed by atoms with Crippen LogP contribution in [0.15, 0.2) is 46.6 Å². The molecule has 1 fully saturated rings. The summed E-state index contributed by atoms with van der Waals surface area (Å²) in [5, 5.41) is 15.8. The molecule has 0 saturated carbocycles. The Kier molecular flexibility index (Phi) is 6.92. The quantitative estimate of drug-likeness (QED) is 0.382. The van der Waals surface area contributed by atoms with E-state index in [2.05, 4.69) is 57.6 Å². The largest absolute Gasteiger partial charge is 0.497 e. The van der Waals surface area contributed by atoms with Crippen LogP contribution in [-0.2, 0) is 16.8 Å². The van der Waals surface area contributed by atoms with Crippen LogP contribution < -0.4 is 10.3 Å². The summed E-state index contributed by atoms with van der Waals surface area (Å²) in [4.78, 5) is 20.2. The lowest BCUT2D eigenvalue weighted by atomic mass is 10.0. The molecule has 1 aliphatic heterocycles. The van der Waals surface area contributed by atoms with Crippen LogP contribution in [0.1, 0.15) is 55.9 Å². The number of methoxy groups -OCH3 is 1. The summed E-state index contributed by atoms with van der Waals surface area (Å²) >= 11 is 1.70. The van der Waals surface area contributed by atoms with Crippen molar-refractivity contribution >= 4 is 22.2 Å². The van der Waals surface area contributed by atoms with E-state index in [1.807, 2.05) is 35.0 Å². The monoisotopic (exact) mass is 508 g/mol. The van der Waals surface area contributed by atoms with Gasteiger partial charge in [0.25, 0.3) is 5.56 Å². The molecule has 0 unspecified atom stereocenters. The van der Waals surface area contributed by atoms with Gasteiger partial charge in [0, 0.05) is 41.0 Å². The zero-order valence-electron chi connectivity index (χ0n) is 21.1. The first-order chi connectivity index (χ1) is 17.3. The van der Waals surface area contributed by atoms with E-state index in [1.165, 1.54) is 4.88 Å². The van der Waals surface area contributed by atoms with Crippen molar-refractivity contribution in [3.63, 3.8) is 0 Å². The summed E-state index contributed by atoms with van der Waals surface area (Å²) in [6, 6.07) is 11.3. The van der Waals surface area contributed by atoms with Crippen molar-refractivity contribution in [3.8, 4) is 5.75 Å². The summed E-state index contributed by atoms with van der Waals surface area (Å²) in [5.74, 6) is 1.36. The Balaban J connectivity index is 1.69. The second-order valence-corrected chi connectivity index (χ2v) is 11.2. The molecule has 1 saturated heterocycles. The predicted molar refractivity (Wildman–Crippen MR) is 139 cm³/mol. The number of H-pyrrole nitrogens is 1. The van der Waals surface area contributed by atoms with Gasteiger partial charge in [0.05, 0.1) is 18.8 Å². The number of aromatic nitrogens is 5. The Hall–Kier alpha value is -3.08. The highest BCUT2D eigenvalue weighted by atomic mass is 32.1. The van der Waals surface area contributed by atoms with Crippen LogP contribution in [0.25, 0.3) is 10.9 Å². The molecule has 3 aromatic heterocycles. The van der Waals surface area contributed by atoms with E-state index >= 15 is 0 Å². The highest BCUT2D eigenvalue weighted by Gasteiger charge is 2.35. The number of rotatable bonds is 8. The Morgan fingerprint density at radius 2 is 2.17 bits per heavy atom. The smallest absolute Gasteiger partial charge is 0.253 e. The minimum atomic E-state index is -0.482. The molecule has 0 radical (unpaired) electrons. The molecule has 4 aromatic rings. The van der Waals surface area contributed by atoms with Crippen molar-refractivity contribution in [3.05, 3.63) is 68.4 Å². The van der Waals surface area contributed by atoms with Gasteiger partial charge in [-0.05, 0) is 79.8 Å². The molecule has 1 N–H and O–H groups in total. The van der Waals surface area contributed by atoms with Crippen LogP contribution in [0.2, 0.25) is 0 Å². The van der Waals surface area contributed by atoms with E-state index in [0.717, 1.165) is 36.1 Å². The molecule has 1 aliphatic rings. The molecule has 0 bridgehead atoms. The first-order valence-electron chi connectivity index (χ1n) is 12.2. The minimum Gasteiger partial charge on any atom is -0.497 e. The topological polar surface area (TPSA) is 98.2 Å². The molecule has 1 aromatic carbocycles. The zero-order valence-corrected chi connectivity index (χ0v) is 21.9. The van der Waals surface area contributed by atoms with Gasteiger partial charge >= 0.3 is 0 Å². The zero-order chi connectivity index (χ0) is 25.3. The van der Waals surface area contributed by atoms with Gasteiger partial charge in [-0.15, -0.1) is 16.4 Å². The molecular formula is C26H32N6O3S. The van der Waals surface area contributed by atoms with E-state index in [4.69, 9.17) is 9.47 Å². The second kappa shape index (κ2) is 10.1. The maximum Gasteiger partial charge on any atom is 0.253 e. The van der Waals surface area contributed by atoms with Crippen LogP contribution in [0, 0.1) is 0 Å². The molecule has 5 rings (SSSR count). The van der Waals surface area contributed by atoms with Gasteiger partial charge in [-0.1, -0.05) is 6.07 Å². The molecule has 9 nitrogen and oxygen atoms in total. The van der Waals surface area contributed by atoms with E-state index < -0.39 is 6.04 Å². The maximum absolute atomic E-state index is 13.6. The van der Waals surface area contributed by atoms with Crippen molar-refractivity contribution in [2.45, 2.75) is 57.8 Å². The Morgan fingerprint density at radius 3 is 2.86 bits per heavy atom. The molecule has 10 heteroatoms. The first kappa shape index (κ1) is 24.6. The lowest BCUT2D eigenvalue weighted by molar-refractivity contribution is 0.0569. The fourth-order valence-electron chi connectivity index (χ4n) is 4.79. The normalized spacial score (nSPS) is 17.2. The molecular weight excluding hydrogens is 476 g/mol. The second-order valence-electron chi connectivity index (χ2n) is 10.2. The van der Waals surface area contributed by atoms with Crippen LogP contribution in [0.5, 0.6) is 5.75 Å². The highest BCUT2D eigenvalue weighted by Crippen LogP contribution is 2.33. The number of nitrogens with one attached hydrogen (secondary N) is 1. The minimum absolute atomic E-state index is 0.0889. The number of ether oxygens (including phenoxy) is 2. The van der Waals surface area contributed by atoms with Crippen LogP contribution in [-0.4, -0.2) is 56.5 Å². The summed E-state index contributed by atoms with van der Waals surface area (Å²) in [6.45, 7) is 8.25. The Labute approximate surface area is 214 Å². The average molecular weight is 509 g/mol. The Bertz CT molecular complexity index is 1370. The molecule has 4 heterocycles. The third kappa shape index (κ3) is 5.07. The fourth-order valence-corrected chi connectivity index (χ4v) is 5.52. The molecule has 190 valence electrons. The average Bonchev–Trinajstić information content (AvgIpc) is 3.62. The number of thiophene rings is 1. The number of pyridine rings is 1. The van der Waals surface area contributed by atoms with Crippen LogP contribution >= 0.6 is 11.3 Å². The van der Waals surface area contributed by atoms with Crippen LogP contribution in [0.4, 0.5) is 0 Å². The summed E-state index contributed by atoms with van der Waals surface area (Å²) < 4.78 is 13.3. The summed E-state index contributed by atoms with van der Waals surface area (Å²) in [7, 11) is 1.64. The first-order valence-corrected chi connectivity index (χ1v) is 13.1. The lowest BCUT2D eigenvalue weighted by Gasteiger charge is -2.34. The van der Waals surface area contributed by atoms with Crippen molar-refractivity contribution in [1.29, 1.82) is 0 Å². The van der Waals surface area contributed by atoms with E-state index in [-0.39, 0.29) is 17.2 Å². The number of hydrogen-bond donors (Lipinski definition) is 1. The van der Waals surface area contributed by atoms with E-state index in [0.29, 0.717) is 24.5 Å². The lowest BCUT2D eigenvalue weighted by Crippen LogP contribution is -2.40. The van der Waals surface area contributed by atoms with Gasteiger partial charge in [-0.25, -0.2) is 4.68 Å². The van der Waals surface area contributed by atoms with Gasteiger partial charge < -0.3 is 14.5 Å². The van der Waals surface area contributed by atoms with Crippen molar-refractivity contribution in [2.75, 3.05) is 20.3 Å². The summed E-state index contributed by atoms with van der Waals surface area (Å²) in [5.41, 5.74) is 0.806. The number of aromatic amines is 1. The number of nitrogens with zero attached hydrogens (tertiary/aromatic N) is 5. The highest BCUT2D eigenvalue weighted by molar-refractivity contribution is 7.09. The molecule has 0 spiro atoms. The van der Waals surface area contributed by atoms with E-state index in [9.17, 15) is 4.79 Å². The van der Waals surface area contributed by atoms with Crippen molar-refractivity contribution < 1.29 is 9.47 Å².